The van der Waals surface area contributed by atoms with Gasteiger partial charge in [-0.05, 0) is 17.7 Å². The standard InChI is InChI=1S/C18H16N4O3/c1-11-15(23)7-14(12-3-5-13(25-2)6-4-12)17(8-19,9-20)18(11,10-21)16(22)24/h3-6,11,14H,7H2,1-2H3,(H2,22,24). The van der Waals surface area contributed by atoms with Crippen molar-refractivity contribution < 1.29 is 14.3 Å². The number of ketones is 1. The van der Waals surface area contributed by atoms with Crippen molar-refractivity contribution in [2.75, 3.05) is 7.11 Å². The number of carbonyl (C=O) groups is 2. The van der Waals surface area contributed by atoms with Crippen LogP contribution in [0.2, 0.25) is 0 Å². The Labute approximate surface area is 145 Å². The quantitative estimate of drug-likeness (QED) is 0.884. The van der Waals surface area contributed by atoms with Crippen molar-refractivity contribution in [3.05, 3.63) is 29.8 Å². The Hall–Kier alpha value is -3.37. The van der Waals surface area contributed by atoms with Crippen molar-refractivity contribution in [3.8, 4) is 24.0 Å². The Morgan fingerprint density at radius 1 is 1.20 bits per heavy atom. The lowest BCUT2D eigenvalue weighted by atomic mass is 9.47. The number of hydrogen-bond acceptors (Lipinski definition) is 6. The van der Waals surface area contributed by atoms with E-state index in [-0.39, 0.29) is 12.2 Å². The number of nitriles is 3. The molecule has 1 aromatic rings. The molecule has 0 bridgehead atoms. The third-order valence-corrected chi connectivity index (χ3v) is 5.12. The first-order chi connectivity index (χ1) is 11.8. The Balaban J connectivity index is 2.77. The number of rotatable bonds is 3. The molecular formula is C18H16N4O3. The summed E-state index contributed by atoms with van der Waals surface area (Å²) < 4.78 is 5.08. The summed E-state index contributed by atoms with van der Waals surface area (Å²) in [5.41, 5.74) is 1.63. The molecule has 2 N–H and O–H groups in total. The fraction of sp³-hybridized carbons (Fsp3) is 0.389. The van der Waals surface area contributed by atoms with E-state index < -0.39 is 28.6 Å². The van der Waals surface area contributed by atoms with Crippen LogP contribution in [0.4, 0.5) is 0 Å². The predicted molar refractivity (Wildman–Crippen MR) is 85.4 cm³/mol. The summed E-state index contributed by atoms with van der Waals surface area (Å²) in [6, 6.07) is 11.9. The van der Waals surface area contributed by atoms with Crippen LogP contribution >= 0.6 is 0 Å². The Morgan fingerprint density at radius 2 is 1.76 bits per heavy atom. The number of ether oxygens (including phenoxy) is 1. The van der Waals surface area contributed by atoms with E-state index in [1.807, 2.05) is 12.1 Å². The van der Waals surface area contributed by atoms with Crippen LogP contribution in [-0.4, -0.2) is 18.8 Å². The fourth-order valence-corrected chi connectivity index (χ4v) is 3.60. The maximum atomic E-state index is 12.5. The highest BCUT2D eigenvalue weighted by molar-refractivity contribution is 5.97. The second kappa shape index (κ2) is 6.26. The average molecular weight is 336 g/mol. The number of primary amides is 1. The third kappa shape index (κ3) is 2.23. The molecule has 25 heavy (non-hydrogen) atoms. The zero-order chi connectivity index (χ0) is 18.8. The van der Waals surface area contributed by atoms with Crippen molar-refractivity contribution in [1.29, 1.82) is 15.8 Å². The van der Waals surface area contributed by atoms with Gasteiger partial charge in [0, 0.05) is 18.3 Å². The van der Waals surface area contributed by atoms with E-state index in [1.165, 1.54) is 14.0 Å². The SMILES string of the molecule is COc1ccc(C2CC(=O)C(C)C(C#N)(C(N)=O)C2(C#N)C#N)cc1. The van der Waals surface area contributed by atoms with Crippen LogP contribution in [0.15, 0.2) is 24.3 Å². The first kappa shape index (κ1) is 18.0. The lowest BCUT2D eigenvalue weighted by Gasteiger charge is -2.46. The van der Waals surface area contributed by atoms with Gasteiger partial charge < -0.3 is 10.5 Å². The largest absolute Gasteiger partial charge is 0.497 e. The normalized spacial score (nSPS) is 27.4. The van der Waals surface area contributed by atoms with Crippen LogP contribution in [0.25, 0.3) is 0 Å². The van der Waals surface area contributed by atoms with E-state index in [0.29, 0.717) is 11.3 Å². The van der Waals surface area contributed by atoms with Crippen LogP contribution in [0, 0.1) is 50.7 Å². The molecule has 0 spiro atoms. The minimum absolute atomic E-state index is 0.134. The van der Waals surface area contributed by atoms with Gasteiger partial charge in [0.1, 0.15) is 11.5 Å². The predicted octanol–water partition coefficient (Wildman–Crippen LogP) is 1.42. The molecule has 7 heteroatoms. The van der Waals surface area contributed by atoms with E-state index in [0.717, 1.165) is 0 Å². The Kier molecular flexibility index (Phi) is 4.50. The van der Waals surface area contributed by atoms with Gasteiger partial charge in [-0.1, -0.05) is 19.1 Å². The molecule has 3 unspecified atom stereocenters. The summed E-state index contributed by atoms with van der Waals surface area (Å²) in [7, 11) is 1.49. The Bertz CT molecular complexity index is 827. The molecule has 1 aromatic carbocycles. The molecule has 0 heterocycles. The monoisotopic (exact) mass is 336 g/mol. The number of methoxy groups -OCH3 is 1. The van der Waals surface area contributed by atoms with Gasteiger partial charge in [0.25, 0.3) is 0 Å². The number of amides is 1. The van der Waals surface area contributed by atoms with Gasteiger partial charge in [-0.3, -0.25) is 9.59 Å². The van der Waals surface area contributed by atoms with E-state index in [1.54, 1.807) is 30.3 Å². The Morgan fingerprint density at radius 3 is 2.16 bits per heavy atom. The highest BCUT2D eigenvalue weighted by Crippen LogP contribution is 2.58. The van der Waals surface area contributed by atoms with Crippen molar-refractivity contribution in [3.63, 3.8) is 0 Å². The number of hydrogen-bond donors (Lipinski definition) is 1. The number of Topliss-reactive ketones (excluding diaryl/α,β-unsaturated/α-hetero) is 1. The smallest absolute Gasteiger partial charge is 0.241 e. The molecule has 7 nitrogen and oxygen atoms in total. The van der Waals surface area contributed by atoms with Crippen molar-refractivity contribution in [2.24, 2.45) is 22.5 Å². The van der Waals surface area contributed by atoms with E-state index in [9.17, 15) is 25.4 Å². The number of benzene rings is 1. The van der Waals surface area contributed by atoms with Crippen LogP contribution in [-0.2, 0) is 9.59 Å². The van der Waals surface area contributed by atoms with E-state index >= 15 is 0 Å². The number of nitrogens with zero attached hydrogens (tertiary/aromatic N) is 3. The summed E-state index contributed by atoms with van der Waals surface area (Å²) >= 11 is 0. The van der Waals surface area contributed by atoms with Gasteiger partial charge in [-0.2, -0.15) is 15.8 Å². The van der Waals surface area contributed by atoms with Gasteiger partial charge in [0.2, 0.25) is 5.91 Å². The summed E-state index contributed by atoms with van der Waals surface area (Å²) in [6.45, 7) is 1.37. The molecule has 1 fully saturated rings. The second-order valence-electron chi connectivity index (χ2n) is 6.03. The van der Waals surface area contributed by atoms with Crippen LogP contribution < -0.4 is 10.5 Å². The molecule has 0 saturated heterocycles. The van der Waals surface area contributed by atoms with Crippen molar-refractivity contribution >= 4 is 11.7 Å². The lowest BCUT2D eigenvalue weighted by molar-refractivity contribution is -0.144. The third-order valence-electron chi connectivity index (χ3n) is 5.12. The molecule has 0 aliphatic heterocycles. The molecule has 1 saturated carbocycles. The zero-order valence-electron chi connectivity index (χ0n) is 13.8. The van der Waals surface area contributed by atoms with Crippen LogP contribution in [0.3, 0.4) is 0 Å². The van der Waals surface area contributed by atoms with Gasteiger partial charge in [0.15, 0.2) is 10.8 Å². The van der Waals surface area contributed by atoms with Crippen molar-refractivity contribution in [2.45, 2.75) is 19.3 Å². The molecule has 2 rings (SSSR count). The molecule has 1 aliphatic rings. The molecule has 126 valence electrons. The first-order valence-electron chi connectivity index (χ1n) is 7.55. The molecule has 0 radical (unpaired) electrons. The minimum atomic E-state index is -2.23. The number of carbonyl (C=O) groups excluding carboxylic acids is 2. The van der Waals surface area contributed by atoms with Crippen LogP contribution in [0.5, 0.6) is 5.75 Å². The second-order valence-corrected chi connectivity index (χ2v) is 6.03. The average Bonchev–Trinajstić information content (AvgIpc) is 2.63. The van der Waals surface area contributed by atoms with Gasteiger partial charge >= 0.3 is 0 Å². The fourth-order valence-electron chi connectivity index (χ4n) is 3.60. The molecule has 3 atom stereocenters. The van der Waals surface area contributed by atoms with Gasteiger partial charge in [-0.15, -0.1) is 0 Å². The highest BCUT2D eigenvalue weighted by atomic mass is 16.5. The summed E-state index contributed by atoms with van der Waals surface area (Å²) in [4.78, 5) is 24.7. The summed E-state index contributed by atoms with van der Waals surface area (Å²) in [6.07, 6.45) is -0.134. The van der Waals surface area contributed by atoms with Crippen LogP contribution in [0.1, 0.15) is 24.8 Å². The summed E-state index contributed by atoms with van der Waals surface area (Å²) in [5.74, 6) is -3.08. The lowest BCUT2D eigenvalue weighted by Crippen LogP contribution is -2.60. The van der Waals surface area contributed by atoms with E-state index in [2.05, 4.69) is 0 Å². The molecule has 1 aliphatic carbocycles. The van der Waals surface area contributed by atoms with Crippen molar-refractivity contribution in [1.82, 2.24) is 0 Å². The minimum Gasteiger partial charge on any atom is -0.497 e. The maximum Gasteiger partial charge on any atom is 0.241 e. The van der Waals surface area contributed by atoms with E-state index in [4.69, 9.17) is 10.5 Å². The maximum absolute atomic E-state index is 12.5. The molecule has 1 amide bonds. The number of nitrogens with two attached hydrogens (primary N) is 1. The molecule has 0 aromatic heterocycles. The van der Waals surface area contributed by atoms with Gasteiger partial charge in [0.05, 0.1) is 25.3 Å². The first-order valence-corrected chi connectivity index (χ1v) is 7.55. The topological polar surface area (TPSA) is 141 Å². The summed E-state index contributed by atoms with van der Waals surface area (Å²) in [5, 5.41) is 29.4. The van der Waals surface area contributed by atoms with Gasteiger partial charge in [-0.25, -0.2) is 0 Å². The molecular weight excluding hydrogens is 320 g/mol. The highest BCUT2D eigenvalue weighted by Gasteiger charge is 2.69. The zero-order valence-corrected chi connectivity index (χ0v) is 13.8.